The van der Waals surface area contributed by atoms with E-state index in [-0.39, 0.29) is 5.56 Å². The zero-order valence-electron chi connectivity index (χ0n) is 12.7. The highest BCUT2D eigenvalue weighted by Crippen LogP contribution is 2.32. The van der Waals surface area contributed by atoms with Crippen LogP contribution in [0.3, 0.4) is 0 Å². The molecule has 0 saturated heterocycles. The second kappa shape index (κ2) is 6.03. The molecule has 0 atom stereocenters. The van der Waals surface area contributed by atoms with Crippen LogP contribution >= 0.6 is 27.9 Å². The van der Waals surface area contributed by atoms with Gasteiger partial charge in [-0.05, 0) is 58.2 Å². The molecule has 2 heterocycles. The number of nitrogens with zero attached hydrogens (tertiary/aromatic N) is 1. The van der Waals surface area contributed by atoms with Gasteiger partial charge in [0.25, 0.3) is 5.56 Å². The molecule has 4 nitrogen and oxygen atoms in total. The first-order chi connectivity index (χ1) is 11.7. The quantitative estimate of drug-likeness (QED) is 0.480. The maximum atomic E-state index is 12.9. The second-order valence-electron chi connectivity index (χ2n) is 5.18. The van der Waals surface area contributed by atoms with Crippen molar-refractivity contribution in [1.29, 1.82) is 0 Å². The van der Waals surface area contributed by atoms with Gasteiger partial charge >= 0.3 is 0 Å². The SMILES string of the molecule is COc1ccc(Sn2c(=O)c3ccccc3c3oc(Br)cc32)cc1. The normalized spacial score (nSPS) is 11.2. The number of ether oxygens (including phenoxy) is 1. The van der Waals surface area contributed by atoms with Crippen molar-refractivity contribution < 1.29 is 9.15 Å². The summed E-state index contributed by atoms with van der Waals surface area (Å²) in [5.74, 6) is 0.779. The van der Waals surface area contributed by atoms with E-state index in [0.717, 1.165) is 21.5 Å². The monoisotopic (exact) mass is 401 g/mol. The molecule has 0 spiro atoms. The standard InChI is InChI=1S/C18H12BrNO3S/c1-22-11-6-8-12(9-7-11)24-20-15-10-16(19)23-17(15)13-4-2-3-5-14(13)18(20)21/h2-10H,1H3. The molecular weight excluding hydrogens is 390 g/mol. The molecule has 0 bridgehead atoms. The lowest BCUT2D eigenvalue weighted by Gasteiger charge is -2.09. The van der Waals surface area contributed by atoms with Gasteiger partial charge in [0.15, 0.2) is 10.3 Å². The molecule has 0 fully saturated rings. The Kier molecular flexibility index (Phi) is 3.86. The summed E-state index contributed by atoms with van der Waals surface area (Å²) in [6, 6.07) is 16.9. The Labute approximate surface area is 150 Å². The molecule has 4 rings (SSSR count). The van der Waals surface area contributed by atoms with E-state index in [1.54, 1.807) is 11.1 Å². The summed E-state index contributed by atoms with van der Waals surface area (Å²) in [5.41, 5.74) is 1.37. The number of hydrogen-bond acceptors (Lipinski definition) is 4. The minimum Gasteiger partial charge on any atom is -0.497 e. The van der Waals surface area contributed by atoms with E-state index >= 15 is 0 Å². The van der Waals surface area contributed by atoms with Crippen LogP contribution in [0.25, 0.3) is 21.9 Å². The van der Waals surface area contributed by atoms with E-state index in [1.807, 2.05) is 54.6 Å². The molecule has 0 unspecified atom stereocenters. The minimum atomic E-state index is -0.0628. The van der Waals surface area contributed by atoms with Crippen molar-refractivity contribution in [2.75, 3.05) is 7.11 Å². The first-order valence-corrected chi connectivity index (χ1v) is 8.79. The summed E-state index contributed by atoms with van der Waals surface area (Å²) >= 11 is 4.72. The molecule has 0 aliphatic heterocycles. The number of methoxy groups -OCH3 is 1. The van der Waals surface area contributed by atoms with Crippen LogP contribution in [0, 0.1) is 0 Å². The highest BCUT2D eigenvalue weighted by molar-refractivity contribution is 9.10. The van der Waals surface area contributed by atoms with Gasteiger partial charge < -0.3 is 9.15 Å². The Morgan fingerprint density at radius 3 is 2.50 bits per heavy atom. The molecule has 0 aliphatic carbocycles. The number of halogens is 1. The molecule has 120 valence electrons. The fraction of sp³-hybridized carbons (Fsp3) is 0.0556. The lowest BCUT2D eigenvalue weighted by molar-refractivity contribution is 0.414. The molecule has 24 heavy (non-hydrogen) atoms. The third-order valence-corrected chi connectivity index (χ3v) is 5.16. The summed E-state index contributed by atoms with van der Waals surface area (Å²) in [6.45, 7) is 0. The number of rotatable bonds is 3. The molecule has 2 aromatic carbocycles. The van der Waals surface area contributed by atoms with Crippen molar-refractivity contribution in [2.24, 2.45) is 0 Å². The predicted molar refractivity (Wildman–Crippen MR) is 99.9 cm³/mol. The smallest absolute Gasteiger partial charge is 0.269 e. The van der Waals surface area contributed by atoms with Crippen LogP contribution in [0.15, 0.2) is 73.4 Å². The first-order valence-electron chi connectivity index (χ1n) is 7.22. The maximum Gasteiger partial charge on any atom is 0.269 e. The molecule has 4 aromatic rings. The predicted octanol–water partition coefficient (Wildman–Crippen LogP) is 5.07. The third-order valence-electron chi connectivity index (χ3n) is 3.74. The zero-order chi connectivity index (χ0) is 16.7. The van der Waals surface area contributed by atoms with Crippen LogP contribution in [0.2, 0.25) is 0 Å². The fourth-order valence-corrected chi connectivity index (χ4v) is 3.88. The second-order valence-corrected chi connectivity index (χ2v) is 6.98. The van der Waals surface area contributed by atoms with Crippen LogP contribution in [0.5, 0.6) is 5.75 Å². The van der Waals surface area contributed by atoms with Gasteiger partial charge in [0.05, 0.1) is 12.5 Å². The first kappa shape index (κ1) is 15.4. The number of fused-ring (bicyclic) bond motifs is 3. The van der Waals surface area contributed by atoms with Crippen molar-refractivity contribution in [3.05, 3.63) is 69.6 Å². The third kappa shape index (κ3) is 2.52. The van der Waals surface area contributed by atoms with Crippen molar-refractivity contribution in [3.63, 3.8) is 0 Å². The van der Waals surface area contributed by atoms with E-state index in [4.69, 9.17) is 9.15 Å². The number of furan rings is 1. The van der Waals surface area contributed by atoms with Gasteiger partial charge in [-0.3, -0.25) is 4.79 Å². The van der Waals surface area contributed by atoms with Crippen LogP contribution in [-0.4, -0.2) is 11.1 Å². The van der Waals surface area contributed by atoms with Gasteiger partial charge in [0.2, 0.25) is 0 Å². The van der Waals surface area contributed by atoms with Crippen molar-refractivity contribution in [2.45, 2.75) is 4.90 Å². The topological polar surface area (TPSA) is 44.4 Å². The highest BCUT2D eigenvalue weighted by atomic mass is 79.9. The van der Waals surface area contributed by atoms with Crippen LogP contribution in [0.1, 0.15) is 0 Å². The average Bonchev–Trinajstić information content (AvgIpc) is 3.01. The van der Waals surface area contributed by atoms with Crippen molar-refractivity contribution >= 4 is 49.8 Å². The average molecular weight is 402 g/mol. The number of aromatic nitrogens is 1. The van der Waals surface area contributed by atoms with Gasteiger partial charge in [0.1, 0.15) is 11.3 Å². The molecule has 0 saturated carbocycles. The Hall–Kier alpha value is -2.18. The van der Waals surface area contributed by atoms with Crippen molar-refractivity contribution in [1.82, 2.24) is 3.97 Å². The summed E-state index contributed by atoms with van der Waals surface area (Å²) in [5, 5.41) is 1.45. The van der Waals surface area contributed by atoms with Gasteiger partial charge in [-0.1, -0.05) is 18.2 Å². The molecular formula is C18H12BrNO3S. The van der Waals surface area contributed by atoms with E-state index in [1.165, 1.54) is 11.9 Å². The van der Waals surface area contributed by atoms with E-state index in [2.05, 4.69) is 15.9 Å². The Morgan fingerprint density at radius 2 is 1.79 bits per heavy atom. The van der Waals surface area contributed by atoms with E-state index in [9.17, 15) is 4.79 Å². The largest absolute Gasteiger partial charge is 0.497 e. The Morgan fingerprint density at radius 1 is 1.08 bits per heavy atom. The Balaban J connectivity index is 1.95. The summed E-state index contributed by atoms with van der Waals surface area (Å²) in [4.78, 5) is 13.9. The van der Waals surface area contributed by atoms with E-state index < -0.39 is 0 Å². The summed E-state index contributed by atoms with van der Waals surface area (Å²) in [7, 11) is 1.63. The molecule has 0 amide bonds. The minimum absolute atomic E-state index is 0.0628. The van der Waals surface area contributed by atoms with Gasteiger partial charge in [-0.2, -0.15) is 0 Å². The zero-order valence-corrected chi connectivity index (χ0v) is 15.1. The molecule has 2 aromatic heterocycles. The van der Waals surface area contributed by atoms with Crippen LogP contribution in [0.4, 0.5) is 0 Å². The summed E-state index contributed by atoms with van der Waals surface area (Å²) in [6.07, 6.45) is 0. The number of benzene rings is 2. The van der Waals surface area contributed by atoms with Gasteiger partial charge in [0, 0.05) is 16.3 Å². The maximum absolute atomic E-state index is 12.9. The van der Waals surface area contributed by atoms with Crippen molar-refractivity contribution in [3.8, 4) is 5.75 Å². The lowest BCUT2D eigenvalue weighted by Crippen LogP contribution is -2.15. The van der Waals surface area contributed by atoms with Gasteiger partial charge in [-0.15, -0.1) is 0 Å². The van der Waals surface area contributed by atoms with Gasteiger partial charge in [-0.25, -0.2) is 3.97 Å². The van der Waals surface area contributed by atoms with Crippen LogP contribution < -0.4 is 10.3 Å². The fourth-order valence-electron chi connectivity index (χ4n) is 2.62. The van der Waals surface area contributed by atoms with E-state index in [0.29, 0.717) is 15.6 Å². The molecule has 6 heteroatoms. The van der Waals surface area contributed by atoms with Crippen LogP contribution in [-0.2, 0) is 0 Å². The lowest BCUT2D eigenvalue weighted by atomic mass is 10.1. The molecule has 0 N–H and O–H groups in total. The summed E-state index contributed by atoms with van der Waals surface area (Å²) < 4.78 is 13.2. The molecule has 0 radical (unpaired) electrons. The number of pyridine rings is 1. The number of hydrogen-bond donors (Lipinski definition) is 0. The Bertz CT molecular complexity index is 1100. The molecule has 0 aliphatic rings. The highest BCUT2D eigenvalue weighted by Gasteiger charge is 2.15.